The maximum absolute atomic E-state index is 11.8. The number of benzene rings is 1. The molecule has 100 valence electrons. The van der Waals surface area contributed by atoms with Crippen LogP contribution < -0.4 is 10.6 Å². The monoisotopic (exact) mass is 248 g/mol. The van der Waals surface area contributed by atoms with Crippen LogP contribution in [0.3, 0.4) is 0 Å². The summed E-state index contributed by atoms with van der Waals surface area (Å²) in [6.45, 7) is 8.97. The molecule has 0 saturated heterocycles. The van der Waals surface area contributed by atoms with Gasteiger partial charge in [0.2, 0.25) is 5.91 Å². The van der Waals surface area contributed by atoms with Crippen LogP contribution in [0.1, 0.15) is 44.4 Å². The quantitative estimate of drug-likeness (QED) is 0.812. The van der Waals surface area contributed by atoms with Crippen molar-refractivity contribution in [2.24, 2.45) is 0 Å². The fourth-order valence-corrected chi connectivity index (χ4v) is 1.94. The fourth-order valence-electron chi connectivity index (χ4n) is 1.94. The summed E-state index contributed by atoms with van der Waals surface area (Å²) in [5.74, 6) is 0.0962. The maximum Gasteiger partial charge on any atom is 0.221 e. The highest BCUT2D eigenvalue weighted by Crippen LogP contribution is 2.16. The van der Waals surface area contributed by atoms with Crippen LogP contribution in [0, 0.1) is 6.92 Å². The Morgan fingerprint density at radius 2 is 1.89 bits per heavy atom. The number of carbonyl (C=O) groups excluding carboxylic acids is 1. The molecule has 0 heterocycles. The van der Waals surface area contributed by atoms with Gasteiger partial charge < -0.3 is 10.6 Å². The van der Waals surface area contributed by atoms with Crippen LogP contribution in [0.25, 0.3) is 0 Å². The molecule has 1 aromatic rings. The number of carbonyl (C=O) groups is 1. The van der Waals surface area contributed by atoms with Crippen molar-refractivity contribution in [3.63, 3.8) is 0 Å². The first-order chi connectivity index (χ1) is 8.50. The summed E-state index contributed by atoms with van der Waals surface area (Å²) in [4.78, 5) is 11.8. The van der Waals surface area contributed by atoms with E-state index in [2.05, 4.69) is 43.5 Å². The van der Waals surface area contributed by atoms with E-state index in [4.69, 9.17) is 0 Å². The first-order valence-corrected chi connectivity index (χ1v) is 6.59. The smallest absolute Gasteiger partial charge is 0.221 e. The number of aryl methyl sites for hydroxylation is 1. The maximum atomic E-state index is 11.8. The Bertz CT molecular complexity index is 388. The second-order valence-electron chi connectivity index (χ2n) is 5.00. The molecule has 1 unspecified atom stereocenters. The van der Waals surface area contributed by atoms with Gasteiger partial charge in [0.25, 0.3) is 0 Å². The third-order valence-corrected chi connectivity index (χ3v) is 2.94. The van der Waals surface area contributed by atoms with Gasteiger partial charge in [-0.25, -0.2) is 0 Å². The van der Waals surface area contributed by atoms with Crippen molar-refractivity contribution in [2.45, 2.75) is 46.2 Å². The molecule has 0 spiro atoms. The molecule has 1 atom stereocenters. The molecule has 3 nitrogen and oxygen atoms in total. The Labute approximate surface area is 110 Å². The van der Waals surface area contributed by atoms with Crippen molar-refractivity contribution in [3.05, 3.63) is 35.4 Å². The average molecular weight is 248 g/mol. The van der Waals surface area contributed by atoms with Crippen LogP contribution in [0.15, 0.2) is 24.3 Å². The van der Waals surface area contributed by atoms with Crippen molar-refractivity contribution >= 4 is 5.91 Å². The predicted molar refractivity (Wildman–Crippen MR) is 75.5 cm³/mol. The van der Waals surface area contributed by atoms with Gasteiger partial charge in [-0.15, -0.1) is 0 Å². The van der Waals surface area contributed by atoms with Crippen LogP contribution in [0.5, 0.6) is 0 Å². The Balaban J connectivity index is 2.42. The Hall–Kier alpha value is -1.35. The molecular weight excluding hydrogens is 224 g/mol. The highest BCUT2D eigenvalue weighted by atomic mass is 16.1. The Morgan fingerprint density at radius 1 is 1.22 bits per heavy atom. The SMILES string of the molecule is Cc1ccccc1C(C)NC(=O)CCNC(C)C. The van der Waals surface area contributed by atoms with Crippen molar-refractivity contribution in [1.82, 2.24) is 10.6 Å². The number of hydrogen-bond acceptors (Lipinski definition) is 2. The summed E-state index contributed by atoms with van der Waals surface area (Å²) in [5, 5.41) is 6.27. The lowest BCUT2D eigenvalue weighted by atomic mass is 10.0. The first kappa shape index (κ1) is 14.7. The molecule has 0 fully saturated rings. The predicted octanol–water partition coefficient (Wildman–Crippen LogP) is 2.56. The van der Waals surface area contributed by atoms with Crippen molar-refractivity contribution in [2.75, 3.05) is 6.54 Å². The van der Waals surface area contributed by atoms with E-state index in [-0.39, 0.29) is 11.9 Å². The van der Waals surface area contributed by atoms with E-state index in [1.54, 1.807) is 0 Å². The molecule has 0 aliphatic rings. The zero-order valence-corrected chi connectivity index (χ0v) is 11.8. The molecule has 2 N–H and O–H groups in total. The third-order valence-electron chi connectivity index (χ3n) is 2.94. The molecule has 1 rings (SSSR count). The molecule has 0 aromatic heterocycles. The summed E-state index contributed by atoms with van der Waals surface area (Å²) in [6, 6.07) is 8.64. The summed E-state index contributed by atoms with van der Waals surface area (Å²) in [6.07, 6.45) is 0.522. The van der Waals surface area contributed by atoms with Crippen molar-refractivity contribution < 1.29 is 4.79 Å². The van der Waals surface area contributed by atoms with Gasteiger partial charge >= 0.3 is 0 Å². The second-order valence-corrected chi connectivity index (χ2v) is 5.00. The van der Waals surface area contributed by atoms with Gasteiger partial charge in [0, 0.05) is 19.0 Å². The number of nitrogens with one attached hydrogen (secondary N) is 2. The van der Waals surface area contributed by atoms with Crippen LogP contribution in [0.2, 0.25) is 0 Å². The van der Waals surface area contributed by atoms with E-state index < -0.39 is 0 Å². The molecule has 0 bridgehead atoms. The van der Waals surface area contributed by atoms with Gasteiger partial charge in [-0.3, -0.25) is 4.79 Å². The fraction of sp³-hybridized carbons (Fsp3) is 0.533. The number of amides is 1. The Kier molecular flexibility index (Phi) is 5.86. The summed E-state index contributed by atoms with van der Waals surface area (Å²) in [7, 11) is 0. The summed E-state index contributed by atoms with van der Waals surface area (Å²) in [5.41, 5.74) is 2.40. The lowest BCUT2D eigenvalue weighted by molar-refractivity contribution is -0.121. The second kappa shape index (κ2) is 7.17. The van der Waals surface area contributed by atoms with E-state index in [0.717, 1.165) is 6.54 Å². The zero-order valence-electron chi connectivity index (χ0n) is 11.8. The van der Waals surface area contributed by atoms with Crippen molar-refractivity contribution in [1.29, 1.82) is 0 Å². The average Bonchev–Trinajstić information content (AvgIpc) is 2.28. The number of hydrogen-bond donors (Lipinski definition) is 2. The largest absolute Gasteiger partial charge is 0.350 e. The van der Waals surface area contributed by atoms with Crippen molar-refractivity contribution in [3.8, 4) is 0 Å². The van der Waals surface area contributed by atoms with Crippen LogP contribution in [-0.2, 0) is 4.79 Å². The molecule has 0 aliphatic heterocycles. The van der Waals surface area contributed by atoms with E-state index >= 15 is 0 Å². The molecule has 0 aliphatic carbocycles. The minimum atomic E-state index is 0.0674. The van der Waals surface area contributed by atoms with Gasteiger partial charge in [-0.05, 0) is 25.0 Å². The van der Waals surface area contributed by atoms with Gasteiger partial charge in [0.15, 0.2) is 0 Å². The third kappa shape index (κ3) is 4.88. The molecule has 18 heavy (non-hydrogen) atoms. The normalized spacial score (nSPS) is 12.5. The molecule has 0 saturated carbocycles. The standard InChI is InChI=1S/C15H24N2O/c1-11(2)16-10-9-15(18)17-13(4)14-8-6-5-7-12(14)3/h5-8,11,13,16H,9-10H2,1-4H3,(H,17,18). The number of rotatable bonds is 6. The molecule has 1 aromatic carbocycles. The topological polar surface area (TPSA) is 41.1 Å². The lowest BCUT2D eigenvalue weighted by Crippen LogP contribution is -2.32. The summed E-state index contributed by atoms with van der Waals surface area (Å²) >= 11 is 0. The van der Waals surface area contributed by atoms with E-state index in [1.165, 1.54) is 11.1 Å². The van der Waals surface area contributed by atoms with Gasteiger partial charge in [0.05, 0.1) is 6.04 Å². The Morgan fingerprint density at radius 3 is 2.50 bits per heavy atom. The highest BCUT2D eigenvalue weighted by Gasteiger charge is 2.10. The molecule has 3 heteroatoms. The first-order valence-electron chi connectivity index (χ1n) is 6.59. The minimum absolute atomic E-state index is 0.0674. The van der Waals surface area contributed by atoms with Gasteiger partial charge in [-0.1, -0.05) is 38.1 Å². The molecule has 1 amide bonds. The minimum Gasteiger partial charge on any atom is -0.350 e. The van der Waals surface area contributed by atoms with Gasteiger partial charge in [-0.2, -0.15) is 0 Å². The van der Waals surface area contributed by atoms with Crippen LogP contribution in [-0.4, -0.2) is 18.5 Å². The lowest BCUT2D eigenvalue weighted by Gasteiger charge is -2.17. The van der Waals surface area contributed by atoms with E-state index in [1.807, 2.05) is 19.1 Å². The highest BCUT2D eigenvalue weighted by molar-refractivity contribution is 5.76. The van der Waals surface area contributed by atoms with E-state index in [9.17, 15) is 4.79 Å². The zero-order chi connectivity index (χ0) is 13.5. The van der Waals surface area contributed by atoms with Crippen LogP contribution >= 0.6 is 0 Å². The summed E-state index contributed by atoms with van der Waals surface area (Å²) < 4.78 is 0. The molecular formula is C15H24N2O. The van der Waals surface area contributed by atoms with Gasteiger partial charge in [0.1, 0.15) is 0 Å². The molecule has 0 radical (unpaired) electrons. The van der Waals surface area contributed by atoms with Crippen LogP contribution in [0.4, 0.5) is 0 Å². The van der Waals surface area contributed by atoms with E-state index in [0.29, 0.717) is 12.5 Å².